The summed E-state index contributed by atoms with van der Waals surface area (Å²) in [5.74, 6) is 0. The van der Waals surface area contributed by atoms with Crippen molar-refractivity contribution in [3.8, 4) is 0 Å². The molecule has 0 aliphatic heterocycles. The van der Waals surface area contributed by atoms with E-state index in [0.29, 0.717) is 30.0 Å². The average Bonchev–Trinajstić information content (AvgIpc) is 2.46. The fourth-order valence-corrected chi connectivity index (χ4v) is 4.19. The van der Waals surface area contributed by atoms with Crippen molar-refractivity contribution in [3.05, 3.63) is 29.3 Å². The number of aryl methyl sites for hydroxylation is 1. The molecule has 0 radical (unpaired) electrons. The molecule has 0 saturated carbocycles. The first-order valence-electron chi connectivity index (χ1n) is 7.24. The first-order valence-corrected chi connectivity index (χ1v) is 8.68. The summed E-state index contributed by atoms with van der Waals surface area (Å²) in [6, 6.07) is 5.18. The van der Waals surface area contributed by atoms with Crippen LogP contribution in [0.25, 0.3) is 0 Å². The number of aliphatic hydroxyl groups is 1. The SMILES string of the molecule is CCCN(CCC)S(=O)(=O)c1cc(CO)ccc1CC. The Morgan fingerprint density at radius 2 is 1.70 bits per heavy atom. The lowest BCUT2D eigenvalue weighted by molar-refractivity contribution is 0.281. The first kappa shape index (κ1) is 17.1. The molecule has 1 rings (SSSR count). The monoisotopic (exact) mass is 299 g/mol. The van der Waals surface area contributed by atoms with Gasteiger partial charge in [-0.15, -0.1) is 0 Å². The van der Waals surface area contributed by atoms with Crippen molar-refractivity contribution in [2.75, 3.05) is 13.1 Å². The van der Waals surface area contributed by atoms with Crippen molar-refractivity contribution in [1.29, 1.82) is 0 Å². The van der Waals surface area contributed by atoms with Crippen LogP contribution < -0.4 is 0 Å². The molecule has 1 N–H and O–H groups in total. The smallest absolute Gasteiger partial charge is 0.243 e. The number of hydrogen-bond donors (Lipinski definition) is 1. The van der Waals surface area contributed by atoms with Crippen LogP contribution in [-0.2, 0) is 23.1 Å². The zero-order valence-corrected chi connectivity index (χ0v) is 13.4. The van der Waals surface area contributed by atoms with Crippen molar-refractivity contribution in [1.82, 2.24) is 4.31 Å². The maximum Gasteiger partial charge on any atom is 0.243 e. The standard InChI is InChI=1S/C15H25NO3S/c1-4-9-16(10-5-2)20(18,19)15-11-13(12-17)7-8-14(15)6-3/h7-8,11,17H,4-6,9-10,12H2,1-3H3. The number of sulfonamides is 1. The molecule has 0 saturated heterocycles. The Bertz CT molecular complexity index is 520. The summed E-state index contributed by atoms with van der Waals surface area (Å²) in [7, 11) is -3.48. The van der Waals surface area contributed by atoms with Crippen LogP contribution in [0.3, 0.4) is 0 Å². The summed E-state index contributed by atoms with van der Waals surface area (Å²) >= 11 is 0. The van der Waals surface area contributed by atoms with Gasteiger partial charge in [0.1, 0.15) is 0 Å². The van der Waals surface area contributed by atoms with Crippen LogP contribution in [0.15, 0.2) is 23.1 Å². The van der Waals surface area contributed by atoms with E-state index in [1.54, 1.807) is 22.5 Å². The van der Waals surface area contributed by atoms with Crippen LogP contribution in [0.1, 0.15) is 44.7 Å². The lowest BCUT2D eigenvalue weighted by atomic mass is 10.1. The second-order valence-corrected chi connectivity index (χ2v) is 6.76. The molecule has 0 aliphatic rings. The van der Waals surface area contributed by atoms with Gasteiger partial charge in [0.25, 0.3) is 0 Å². The molecule has 0 atom stereocenters. The van der Waals surface area contributed by atoms with Gasteiger partial charge in [-0.25, -0.2) is 8.42 Å². The number of rotatable bonds is 8. The molecule has 0 spiro atoms. The van der Waals surface area contributed by atoms with E-state index < -0.39 is 10.0 Å². The van der Waals surface area contributed by atoms with Crippen LogP contribution >= 0.6 is 0 Å². The normalized spacial score (nSPS) is 12.1. The Hall–Kier alpha value is -0.910. The molecule has 0 aromatic heterocycles. The van der Waals surface area contributed by atoms with Gasteiger partial charge in [0, 0.05) is 13.1 Å². The molecular formula is C15H25NO3S. The van der Waals surface area contributed by atoms with E-state index in [0.717, 1.165) is 18.4 Å². The van der Waals surface area contributed by atoms with Gasteiger partial charge in [-0.1, -0.05) is 32.9 Å². The van der Waals surface area contributed by atoms with Crippen molar-refractivity contribution < 1.29 is 13.5 Å². The summed E-state index contributed by atoms with van der Waals surface area (Å²) < 4.78 is 27.2. The number of benzene rings is 1. The lowest BCUT2D eigenvalue weighted by Gasteiger charge is -2.22. The maximum atomic E-state index is 12.8. The van der Waals surface area contributed by atoms with Gasteiger partial charge in [0.05, 0.1) is 11.5 Å². The highest BCUT2D eigenvalue weighted by Crippen LogP contribution is 2.23. The van der Waals surface area contributed by atoms with Gasteiger partial charge in [0.2, 0.25) is 10.0 Å². The van der Waals surface area contributed by atoms with Gasteiger partial charge in [0.15, 0.2) is 0 Å². The van der Waals surface area contributed by atoms with Crippen LogP contribution in [0, 0.1) is 0 Å². The quantitative estimate of drug-likeness (QED) is 0.802. The Morgan fingerprint density at radius 3 is 2.15 bits per heavy atom. The summed E-state index contributed by atoms with van der Waals surface area (Å²) in [4.78, 5) is 0.341. The van der Waals surface area contributed by atoms with Crippen molar-refractivity contribution in [3.63, 3.8) is 0 Å². The predicted octanol–water partition coefficient (Wildman–Crippen LogP) is 2.55. The highest BCUT2D eigenvalue weighted by atomic mass is 32.2. The van der Waals surface area contributed by atoms with Gasteiger partial charge in [-0.3, -0.25) is 0 Å². The molecule has 0 bridgehead atoms. The van der Waals surface area contributed by atoms with E-state index in [2.05, 4.69) is 0 Å². The molecule has 114 valence electrons. The molecule has 1 aromatic rings. The lowest BCUT2D eigenvalue weighted by Crippen LogP contribution is -2.33. The Morgan fingerprint density at radius 1 is 1.10 bits per heavy atom. The Kier molecular flexibility index (Phi) is 6.65. The molecular weight excluding hydrogens is 274 g/mol. The van der Waals surface area contributed by atoms with Gasteiger partial charge in [-0.2, -0.15) is 4.31 Å². The van der Waals surface area contributed by atoms with E-state index in [1.165, 1.54) is 0 Å². The second-order valence-electron chi connectivity index (χ2n) is 4.86. The minimum atomic E-state index is -3.48. The fourth-order valence-electron chi connectivity index (χ4n) is 2.22. The molecule has 0 unspecified atom stereocenters. The molecule has 20 heavy (non-hydrogen) atoms. The zero-order chi connectivity index (χ0) is 15.2. The minimum absolute atomic E-state index is 0.145. The van der Waals surface area contributed by atoms with E-state index in [1.807, 2.05) is 20.8 Å². The third-order valence-electron chi connectivity index (χ3n) is 3.26. The van der Waals surface area contributed by atoms with E-state index in [4.69, 9.17) is 0 Å². The van der Waals surface area contributed by atoms with E-state index in [9.17, 15) is 13.5 Å². The molecule has 0 aliphatic carbocycles. The summed E-state index contributed by atoms with van der Waals surface area (Å²) in [5, 5.41) is 9.23. The van der Waals surface area contributed by atoms with Gasteiger partial charge in [-0.05, 0) is 36.5 Å². The third-order valence-corrected chi connectivity index (χ3v) is 5.24. The Labute approximate surface area is 122 Å². The van der Waals surface area contributed by atoms with Crippen molar-refractivity contribution in [2.24, 2.45) is 0 Å². The number of nitrogens with zero attached hydrogens (tertiary/aromatic N) is 1. The van der Waals surface area contributed by atoms with Crippen molar-refractivity contribution in [2.45, 2.75) is 51.5 Å². The summed E-state index contributed by atoms with van der Waals surface area (Å²) in [5.41, 5.74) is 1.44. The molecule has 1 aromatic carbocycles. The van der Waals surface area contributed by atoms with Gasteiger partial charge < -0.3 is 5.11 Å². The molecule has 5 heteroatoms. The number of hydrogen-bond acceptors (Lipinski definition) is 3. The van der Waals surface area contributed by atoms with E-state index >= 15 is 0 Å². The van der Waals surface area contributed by atoms with Crippen molar-refractivity contribution >= 4 is 10.0 Å². The summed E-state index contributed by atoms with van der Waals surface area (Å²) in [6.07, 6.45) is 2.24. The molecule has 0 fully saturated rings. The van der Waals surface area contributed by atoms with Crippen LogP contribution in [0.5, 0.6) is 0 Å². The maximum absolute atomic E-state index is 12.8. The second kappa shape index (κ2) is 7.76. The number of aliphatic hydroxyl groups excluding tert-OH is 1. The Balaban J connectivity index is 3.30. The fraction of sp³-hybridized carbons (Fsp3) is 0.600. The van der Waals surface area contributed by atoms with Crippen LogP contribution in [0.4, 0.5) is 0 Å². The van der Waals surface area contributed by atoms with E-state index in [-0.39, 0.29) is 6.61 Å². The largest absolute Gasteiger partial charge is 0.392 e. The minimum Gasteiger partial charge on any atom is -0.392 e. The molecule has 4 nitrogen and oxygen atoms in total. The zero-order valence-electron chi connectivity index (χ0n) is 12.6. The molecule has 0 heterocycles. The van der Waals surface area contributed by atoms with Gasteiger partial charge >= 0.3 is 0 Å². The first-order chi connectivity index (χ1) is 9.51. The topological polar surface area (TPSA) is 57.6 Å². The van der Waals surface area contributed by atoms with Crippen LogP contribution in [0.2, 0.25) is 0 Å². The molecule has 0 amide bonds. The predicted molar refractivity (Wildman–Crippen MR) is 81.1 cm³/mol. The average molecular weight is 299 g/mol. The summed E-state index contributed by atoms with van der Waals surface area (Å²) in [6.45, 7) is 6.81. The van der Waals surface area contributed by atoms with Crippen LogP contribution in [-0.4, -0.2) is 30.9 Å². The highest BCUT2D eigenvalue weighted by molar-refractivity contribution is 7.89. The third kappa shape index (κ3) is 3.81. The highest BCUT2D eigenvalue weighted by Gasteiger charge is 2.25.